The van der Waals surface area contributed by atoms with Crippen LogP contribution in [0.1, 0.15) is 11.3 Å². The van der Waals surface area contributed by atoms with E-state index in [4.69, 9.17) is 0 Å². The van der Waals surface area contributed by atoms with Gasteiger partial charge in [-0.1, -0.05) is 6.07 Å². The molecule has 15 heavy (non-hydrogen) atoms. The monoisotopic (exact) mass is 265 g/mol. The summed E-state index contributed by atoms with van der Waals surface area (Å²) in [6.45, 7) is 0. The molecule has 0 spiro atoms. The van der Waals surface area contributed by atoms with Gasteiger partial charge in [0.05, 0.1) is 12.0 Å². The van der Waals surface area contributed by atoms with Gasteiger partial charge in [0.25, 0.3) is 0 Å². The zero-order valence-electron chi connectivity index (χ0n) is 8.52. The van der Waals surface area contributed by atoms with Gasteiger partial charge in [-0.05, 0) is 40.4 Å². The minimum Gasteiger partial charge on any atom is -0.337 e. The largest absolute Gasteiger partial charge is 0.337 e. The molecule has 0 radical (unpaired) electrons. The van der Waals surface area contributed by atoms with Gasteiger partial charge in [0.2, 0.25) is 0 Å². The summed E-state index contributed by atoms with van der Waals surface area (Å²) in [6, 6.07) is 4.06. The topological polar surface area (TPSA) is 30.7 Å². The Hall–Kier alpha value is -1.16. The smallest absolute Gasteiger partial charge is 0.127 e. The molecule has 0 fully saturated rings. The van der Waals surface area contributed by atoms with E-state index in [1.807, 2.05) is 30.2 Å². The van der Waals surface area contributed by atoms with Crippen molar-refractivity contribution in [3.8, 4) is 0 Å². The van der Waals surface area contributed by atoms with Crippen LogP contribution < -0.4 is 0 Å². The molecule has 4 heteroatoms. The van der Waals surface area contributed by atoms with Crippen LogP contribution in [0.25, 0.3) is 0 Å². The Morgan fingerprint density at radius 3 is 2.87 bits per heavy atom. The zero-order valence-corrected chi connectivity index (χ0v) is 10.1. The molecular weight excluding hydrogens is 254 g/mol. The molecule has 0 unspecified atom stereocenters. The van der Waals surface area contributed by atoms with E-state index in [0.29, 0.717) is 0 Å². The fourth-order valence-corrected chi connectivity index (χ4v) is 2.08. The number of imidazole rings is 1. The molecule has 0 saturated carbocycles. The maximum absolute atomic E-state index is 4.19. The molecule has 2 rings (SSSR count). The first-order valence-electron chi connectivity index (χ1n) is 4.82. The third-order valence-corrected chi connectivity index (χ3v) is 3.04. The van der Waals surface area contributed by atoms with Gasteiger partial charge >= 0.3 is 0 Å². The number of pyridine rings is 1. The second-order valence-electron chi connectivity index (χ2n) is 3.45. The van der Waals surface area contributed by atoms with Crippen LogP contribution in [0.4, 0.5) is 0 Å². The first-order chi connectivity index (χ1) is 7.27. The average molecular weight is 266 g/mol. The predicted octanol–water partition coefficient (Wildman–Crippen LogP) is 2.36. The van der Waals surface area contributed by atoms with Crippen LogP contribution in [0.2, 0.25) is 0 Å². The summed E-state index contributed by atoms with van der Waals surface area (Å²) >= 11 is 3.44. The Kier molecular flexibility index (Phi) is 3.16. The molecule has 2 heterocycles. The van der Waals surface area contributed by atoms with Gasteiger partial charge in [-0.15, -0.1) is 0 Å². The van der Waals surface area contributed by atoms with Crippen LogP contribution in [-0.4, -0.2) is 14.5 Å². The van der Waals surface area contributed by atoms with Gasteiger partial charge in [0, 0.05) is 19.4 Å². The lowest BCUT2D eigenvalue weighted by Crippen LogP contribution is -1.99. The van der Waals surface area contributed by atoms with E-state index in [2.05, 4.69) is 32.0 Å². The Bertz CT molecular complexity index is 417. The Balaban J connectivity index is 2.05. The summed E-state index contributed by atoms with van der Waals surface area (Å²) in [4.78, 5) is 8.29. The fraction of sp³-hybridized carbons (Fsp3) is 0.273. The molecule has 2 aromatic rings. The highest BCUT2D eigenvalue weighted by molar-refractivity contribution is 9.10. The summed E-state index contributed by atoms with van der Waals surface area (Å²) < 4.78 is 2.98. The normalized spacial score (nSPS) is 10.5. The Labute approximate surface area is 97.3 Å². The first kappa shape index (κ1) is 10.4. The molecule has 78 valence electrons. The number of rotatable bonds is 3. The number of aromatic nitrogens is 3. The number of halogens is 1. The van der Waals surface area contributed by atoms with Crippen molar-refractivity contribution in [3.05, 3.63) is 46.7 Å². The minimum absolute atomic E-state index is 0.939. The SMILES string of the molecule is Cn1cnc(Br)c1CCc1cccnc1. The predicted molar refractivity (Wildman–Crippen MR) is 62.6 cm³/mol. The van der Waals surface area contributed by atoms with E-state index < -0.39 is 0 Å². The second kappa shape index (κ2) is 4.57. The van der Waals surface area contributed by atoms with Gasteiger partial charge in [-0.25, -0.2) is 4.98 Å². The van der Waals surface area contributed by atoms with Gasteiger partial charge in [-0.3, -0.25) is 4.98 Å². The van der Waals surface area contributed by atoms with E-state index in [1.54, 1.807) is 6.20 Å². The lowest BCUT2D eigenvalue weighted by molar-refractivity contribution is 0.794. The van der Waals surface area contributed by atoms with E-state index in [9.17, 15) is 0 Å². The van der Waals surface area contributed by atoms with E-state index in [1.165, 1.54) is 11.3 Å². The van der Waals surface area contributed by atoms with Crippen LogP contribution in [0.3, 0.4) is 0 Å². The van der Waals surface area contributed by atoms with Crippen molar-refractivity contribution in [2.45, 2.75) is 12.8 Å². The number of aryl methyl sites for hydroxylation is 2. The molecule has 2 aromatic heterocycles. The lowest BCUT2D eigenvalue weighted by atomic mass is 10.1. The molecule has 0 N–H and O–H groups in total. The van der Waals surface area contributed by atoms with Crippen molar-refractivity contribution in [1.82, 2.24) is 14.5 Å². The molecule has 0 atom stereocenters. The van der Waals surface area contributed by atoms with Gasteiger partial charge < -0.3 is 4.57 Å². The summed E-state index contributed by atoms with van der Waals surface area (Å²) in [5.41, 5.74) is 2.48. The highest BCUT2D eigenvalue weighted by Crippen LogP contribution is 2.15. The highest BCUT2D eigenvalue weighted by Gasteiger charge is 2.05. The van der Waals surface area contributed by atoms with E-state index in [0.717, 1.165) is 17.4 Å². The number of nitrogens with zero attached hydrogens (tertiary/aromatic N) is 3. The number of hydrogen-bond donors (Lipinski definition) is 0. The third-order valence-electron chi connectivity index (χ3n) is 2.38. The van der Waals surface area contributed by atoms with Crippen LogP contribution in [0.5, 0.6) is 0 Å². The second-order valence-corrected chi connectivity index (χ2v) is 4.21. The van der Waals surface area contributed by atoms with E-state index in [-0.39, 0.29) is 0 Å². The van der Waals surface area contributed by atoms with Gasteiger partial charge in [0.1, 0.15) is 4.60 Å². The minimum atomic E-state index is 0.939. The van der Waals surface area contributed by atoms with Crippen molar-refractivity contribution >= 4 is 15.9 Å². The standard InChI is InChI=1S/C11H12BrN3/c1-15-8-14-11(12)10(15)5-4-9-3-2-6-13-7-9/h2-3,6-8H,4-5H2,1H3. The molecule has 3 nitrogen and oxygen atoms in total. The van der Waals surface area contributed by atoms with Crippen LogP contribution in [0, 0.1) is 0 Å². The third kappa shape index (κ3) is 2.45. The van der Waals surface area contributed by atoms with Gasteiger partial charge in [0.15, 0.2) is 0 Å². The average Bonchev–Trinajstić information content (AvgIpc) is 2.58. The molecule has 0 aromatic carbocycles. The molecule has 0 aliphatic carbocycles. The fourth-order valence-electron chi connectivity index (χ4n) is 1.52. The molecule has 0 aliphatic heterocycles. The van der Waals surface area contributed by atoms with Crippen molar-refractivity contribution in [1.29, 1.82) is 0 Å². The lowest BCUT2D eigenvalue weighted by Gasteiger charge is -2.03. The van der Waals surface area contributed by atoms with Crippen molar-refractivity contribution in [2.24, 2.45) is 7.05 Å². The van der Waals surface area contributed by atoms with Crippen LogP contribution in [-0.2, 0) is 19.9 Å². The maximum Gasteiger partial charge on any atom is 0.127 e. The Morgan fingerprint density at radius 2 is 2.27 bits per heavy atom. The van der Waals surface area contributed by atoms with E-state index >= 15 is 0 Å². The van der Waals surface area contributed by atoms with Crippen LogP contribution in [0.15, 0.2) is 35.5 Å². The highest BCUT2D eigenvalue weighted by atomic mass is 79.9. The summed E-state index contributed by atoms with van der Waals surface area (Å²) in [5.74, 6) is 0. The molecule has 0 saturated heterocycles. The zero-order chi connectivity index (χ0) is 10.7. The summed E-state index contributed by atoms with van der Waals surface area (Å²) in [7, 11) is 2.01. The molecule has 0 amide bonds. The summed E-state index contributed by atoms with van der Waals surface area (Å²) in [6.07, 6.45) is 7.49. The summed E-state index contributed by atoms with van der Waals surface area (Å²) in [5, 5.41) is 0. The van der Waals surface area contributed by atoms with Crippen molar-refractivity contribution in [3.63, 3.8) is 0 Å². The number of hydrogen-bond acceptors (Lipinski definition) is 2. The van der Waals surface area contributed by atoms with Crippen LogP contribution >= 0.6 is 15.9 Å². The first-order valence-corrected chi connectivity index (χ1v) is 5.61. The quantitative estimate of drug-likeness (QED) is 0.853. The maximum atomic E-state index is 4.19. The Morgan fingerprint density at radius 1 is 1.40 bits per heavy atom. The van der Waals surface area contributed by atoms with Crippen molar-refractivity contribution in [2.75, 3.05) is 0 Å². The van der Waals surface area contributed by atoms with Gasteiger partial charge in [-0.2, -0.15) is 0 Å². The molecule has 0 aliphatic rings. The molecule has 0 bridgehead atoms. The van der Waals surface area contributed by atoms with Crippen molar-refractivity contribution < 1.29 is 0 Å². The molecular formula is C11H12BrN3.